The molecule has 25 heavy (non-hydrogen) atoms. The van der Waals surface area contributed by atoms with Gasteiger partial charge >= 0.3 is 6.03 Å². The SMILES string of the molecule is COc1cccc(NC(=O)NCc2nccnc2-c2ccncc2)c1. The van der Waals surface area contributed by atoms with E-state index in [1.165, 1.54) is 0 Å². The molecule has 0 bridgehead atoms. The second kappa shape index (κ2) is 7.87. The molecule has 3 aromatic rings. The Labute approximate surface area is 145 Å². The van der Waals surface area contributed by atoms with Crippen LogP contribution in [0.25, 0.3) is 11.3 Å². The zero-order valence-electron chi connectivity index (χ0n) is 13.6. The minimum absolute atomic E-state index is 0.251. The first kappa shape index (κ1) is 16.4. The Morgan fingerprint density at radius 2 is 1.88 bits per heavy atom. The first-order valence-electron chi connectivity index (χ1n) is 7.65. The molecule has 0 fully saturated rings. The lowest BCUT2D eigenvalue weighted by Gasteiger charge is -2.10. The molecule has 1 aromatic carbocycles. The van der Waals surface area contributed by atoms with E-state index in [0.717, 1.165) is 5.56 Å². The van der Waals surface area contributed by atoms with Gasteiger partial charge in [-0.1, -0.05) is 6.07 Å². The number of methoxy groups -OCH3 is 1. The summed E-state index contributed by atoms with van der Waals surface area (Å²) in [6.45, 7) is 0.251. The van der Waals surface area contributed by atoms with E-state index in [4.69, 9.17) is 4.74 Å². The van der Waals surface area contributed by atoms with E-state index in [2.05, 4.69) is 25.6 Å². The molecular formula is C18H17N5O2. The number of aromatic nitrogens is 3. The Hall–Kier alpha value is -3.48. The van der Waals surface area contributed by atoms with Crippen LogP contribution in [0.3, 0.4) is 0 Å². The van der Waals surface area contributed by atoms with Crippen molar-refractivity contribution in [2.45, 2.75) is 6.54 Å². The fourth-order valence-corrected chi connectivity index (χ4v) is 2.29. The van der Waals surface area contributed by atoms with Gasteiger partial charge in [-0.15, -0.1) is 0 Å². The highest BCUT2D eigenvalue weighted by molar-refractivity contribution is 5.89. The van der Waals surface area contributed by atoms with Crippen LogP contribution in [-0.4, -0.2) is 28.1 Å². The van der Waals surface area contributed by atoms with Crippen LogP contribution in [0.15, 0.2) is 61.2 Å². The zero-order chi connectivity index (χ0) is 17.5. The number of urea groups is 1. The van der Waals surface area contributed by atoms with Gasteiger partial charge < -0.3 is 15.4 Å². The van der Waals surface area contributed by atoms with Crippen LogP contribution in [0.1, 0.15) is 5.69 Å². The van der Waals surface area contributed by atoms with Crippen molar-refractivity contribution < 1.29 is 9.53 Å². The molecule has 3 rings (SSSR count). The first-order valence-corrected chi connectivity index (χ1v) is 7.65. The van der Waals surface area contributed by atoms with Crippen LogP contribution in [0.5, 0.6) is 5.75 Å². The van der Waals surface area contributed by atoms with Crippen LogP contribution < -0.4 is 15.4 Å². The van der Waals surface area contributed by atoms with Crippen molar-refractivity contribution in [2.75, 3.05) is 12.4 Å². The Morgan fingerprint density at radius 1 is 1.08 bits per heavy atom. The van der Waals surface area contributed by atoms with Crippen LogP contribution in [0.2, 0.25) is 0 Å². The summed E-state index contributed by atoms with van der Waals surface area (Å²) in [6, 6.07) is 10.5. The molecule has 0 aliphatic carbocycles. The van der Waals surface area contributed by atoms with Gasteiger partial charge in [0.25, 0.3) is 0 Å². The van der Waals surface area contributed by atoms with Crippen LogP contribution in [0.4, 0.5) is 10.5 Å². The van der Waals surface area contributed by atoms with Gasteiger partial charge in [0.15, 0.2) is 0 Å². The summed E-state index contributed by atoms with van der Waals surface area (Å²) >= 11 is 0. The topological polar surface area (TPSA) is 89.0 Å². The van der Waals surface area contributed by atoms with E-state index < -0.39 is 0 Å². The Morgan fingerprint density at radius 3 is 2.68 bits per heavy atom. The fraction of sp³-hybridized carbons (Fsp3) is 0.111. The number of anilines is 1. The average Bonchev–Trinajstić information content (AvgIpc) is 2.67. The van der Waals surface area contributed by atoms with E-state index in [1.54, 1.807) is 50.1 Å². The molecule has 0 saturated heterocycles. The van der Waals surface area contributed by atoms with Crippen molar-refractivity contribution >= 4 is 11.7 Å². The first-order chi connectivity index (χ1) is 12.3. The Bertz CT molecular complexity index is 855. The summed E-state index contributed by atoms with van der Waals surface area (Å²) in [4.78, 5) is 24.8. The maximum atomic E-state index is 12.1. The molecule has 0 radical (unpaired) electrons. The quantitative estimate of drug-likeness (QED) is 0.748. The summed E-state index contributed by atoms with van der Waals surface area (Å²) in [7, 11) is 1.58. The van der Waals surface area contributed by atoms with Crippen LogP contribution >= 0.6 is 0 Å². The number of nitrogens with one attached hydrogen (secondary N) is 2. The maximum Gasteiger partial charge on any atom is 0.319 e. The summed E-state index contributed by atoms with van der Waals surface area (Å²) in [5.74, 6) is 0.673. The highest BCUT2D eigenvalue weighted by Gasteiger charge is 2.09. The molecule has 126 valence electrons. The van der Waals surface area contributed by atoms with Crippen molar-refractivity contribution in [3.8, 4) is 17.0 Å². The molecule has 2 heterocycles. The van der Waals surface area contributed by atoms with Gasteiger partial charge in [-0.2, -0.15) is 0 Å². The van der Waals surface area contributed by atoms with Crippen molar-refractivity contribution in [2.24, 2.45) is 0 Å². The molecule has 2 aromatic heterocycles. The van der Waals surface area contributed by atoms with Gasteiger partial charge in [-0.3, -0.25) is 15.0 Å². The smallest absolute Gasteiger partial charge is 0.319 e. The van der Waals surface area contributed by atoms with Gasteiger partial charge in [0.1, 0.15) is 5.75 Å². The van der Waals surface area contributed by atoms with Crippen molar-refractivity contribution in [1.29, 1.82) is 0 Å². The molecular weight excluding hydrogens is 318 g/mol. The molecule has 0 unspecified atom stereocenters. The molecule has 0 atom stereocenters. The number of amides is 2. The van der Waals surface area contributed by atoms with Gasteiger partial charge in [0.05, 0.1) is 25.0 Å². The molecule has 0 saturated carbocycles. The van der Waals surface area contributed by atoms with E-state index >= 15 is 0 Å². The summed E-state index contributed by atoms with van der Waals surface area (Å²) in [6.07, 6.45) is 6.60. The van der Waals surface area contributed by atoms with Gasteiger partial charge in [0.2, 0.25) is 0 Å². The number of rotatable bonds is 5. The van der Waals surface area contributed by atoms with Crippen molar-refractivity contribution in [1.82, 2.24) is 20.3 Å². The second-order valence-electron chi connectivity index (χ2n) is 5.13. The van der Waals surface area contributed by atoms with Crippen LogP contribution in [-0.2, 0) is 6.54 Å². The maximum absolute atomic E-state index is 12.1. The average molecular weight is 335 g/mol. The van der Waals surface area contributed by atoms with E-state index in [9.17, 15) is 4.79 Å². The van der Waals surface area contributed by atoms with Crippen molar-refractivity contribution in [3.63, 3.8) is 0 Å². The number of carbonyl (C=O) groups excluding carboxylic acids is 1. The summed E-state index contributed by atoms with van der Waals surface area (Å²) in [5.41, 5.74) is 2.93. The molecule has 0 spiro atoms. The number of hydrogen-bond acceptors (Lipinski definition) is 5. The van der Waals surface area contributed by atoms with Gasteiger partial charge in [-0.25, -0.2) is 4.79 Å². The van der Waals surface area contributed by atoms with Gasteiger partial charge in [0, 0.05) is 42.1 Å². The predicted molar refractivity (Wildman–Crippen MR) is 94.1 cm³/mol. The highest BCUT2D eigenvalue weighted by atomic mass is 16.5. The van der Waals surface area contributed by atoms with Crippen LogP contribution in [0, 0.1) is 0 Å². The molecule has 7 nitrogen and oxygen atoms in total. The lowest BCUT2D eigenvalue weighted by Crippen LogP contribution is -2.28. The Balaban J connectivity index is 1.66. The molecule has 2 N–H and O–H groups in total. The highest BCUT2D eigenvalue weighted by Crippen LogP contribution is 2.19. The monoisotopic (exact) mass is 335 g/mol. The molecule has 7 heteroatoms. The third-order valence-corrected chi connectivity index (χ3v) is 3.47. The minimum Gasteiger partial charge on any atom is -0.497 e. The van der Waals surface area contributed by atoms with E-state index in [1.807, 2.05) is 18.2 Å². The summed E-state index contributed by atoms with van der Waals surface area (Å²) < 4.78 is 5.14. The number of benzene rings is 1. The standard InChI is InChI=1S/C18H17N5O2/c1-25-15-4-2-3-14(11-15)23-18(24)22-12-16-17(21-10-9-20-16)13-5-7-19-8-6-13/h2-11H,12H2,1H3,(H2,22,23,24). The van der Waals surface area contributed by atoms with Gasteiger partial charge in [-0.05, 0) is 24.3 Å². The van der Waals surface area contributed by atoms with Crippen molar-refractivity contribution in [3.05, 3.63) is 66.9 Å². The summed E-state index contributed by atoms with van der Waals surface area (Å²) in [5, 5.41) is 5.54. The predicted octanol–water partition coefficient (Wildman–Crippen LogP) is 2.87. The molecule has 0 aliphatic heterocycles. The normalized spacial score (nSPS) is 10.1. The lowest BCUT2D eigenvalue weighted by atomic mass is 10.1. The third kappa shape index (κ3) is 4.29. The number of hydrogen-bond donors (Lipinski definition) is 2. The van der Waals surface area contributed by atoms with E-state index in [-0.39, 0.29) is 12.6 Å². The minimum atomic E-state index is -0.334. The second-order valence-corrected chi connectivity index (χ2v) is 5.13. The Kier molecular flexibility index (Phi) is 5.16. The fourth-order valence-electron chi connectivity index (χ4n) is 2.29. The lowest BCUT2D eigenvalue weighted by molar-refractivity contribution is 0.251. The number of ether oxygens (including phenoxy) is 1. The molecule has 0 aliphatic rings. The largest absolute Gasteiger partial charge is 0.497 e. The third-order valence-electron chi connectivity index (χ3n) is 3.47. The molecule has 2 amide bonds. The van der Waals surface area contributed by atoms with E-state index in [0.29, 0.717) is 22.8 Å². The number of nitrogens with zero attached hydrogens (tertiary/aromatic N) is 3. The zero-order valence-corrected chi connectivity index (χ0v) is 13.6. The number of carbonyl (C=O) groups is 1. The number of pyridine rings is 1.